The minimum atomic E-state index is 0.0152. The van der Waals surface area contributed by atoms with Gasteiger partial charge in [-0.2, -0.15) is 0 Å². The van der Waals surface area contributed by atoms with E-state index in [1.54, 1.807) is 23.1 Å². The largest absolute Gasteiger partial charge is 0.396 e. The fourth-order valence-corrected chi connectivity index (χ4v) is 3.39. The Bertz CT molecular complexity index is 523. The van der Waals surface area contributed by atoms with Crippen LogP contribution in [0.15, 0.2) is 41.8 Å². The number of aliphatic hydroxyl groups excluding tert-OH is 1. The molecule has 0 unspecified atom stereocenters. The fourth-order valence-electron chi connectivity index (χ4n) is 1.72. The van der Waals surface area contributed by atoms with E-state index in [2.05, 4.69) is 11.4 Å². The maximum absolute atomic E-state index is 11.8. The summed E-state index contributed by atoms with van der Waals surface area (Å²) in [5.41, 5.74) is 1.87. The topological polar surface area (TPSA) is 49.3 Å². The van der Waals surface area contributed by atoms with Crippen molar-refractivity contribution < 1.29 is 9.90 Å². The number of benzene rings is 1. The normalized spacial score (nSPS) is 10.4. The highest BCUT2D eigenvalue weighted by atomic mass is 32.2. The molecule has 5 heteroatoms. The van der Waals surface area contributed by atoms with E-state index in [1.807, 2.05) is 35.7 Å². The van der Waals surface area contributed by atoms with Crippen molar-refractivity contribution in [2.75, 3.05) is 17.7 Å². The molecule has 3 nitrogen and oxygen atoms in total. The zero-order valence-electron chi connectivity index (χ0n) is 11.0. The molecule has 0 bridgehead atoms. The Morgan fingerprint density at radius 2 is 2.05 bits per heavy atom. The molecule has 0 saturated carbocycles. The van der Waals surface area contributed by atoms with Gasteiger partial charge >= 0.3 is 0 Å². The molecule has 1 aromatic carbocycles. The van der Waals surface area contributed by atoms with E-state index in [-0.39, 0.29) is 12.5 Å². The average molecular weight is 307 g/mol. The number of carbonyl (C=O) groups is 1. The second-order valence-electron chi connectivity index (χ2n) is 4.29. The summed E-state index contributed by atoms with van der Waals surface area (Å²) in [6.07, 6.45) is 0.644. The molecule has 0 atom stereocenters. The van der Waals surface area contributed by atoms with E-state index in [0.29, 0.717) is 12.2 Å². The maximum atomic E-state index is 11.8. The van der Waals surface area contributed by atoms with Crippen LogP contribution in [-0.4, -0.2) is 23.4 Å². The SMILES string of the molecule is O=C(CSCc1cccs1)Nc1ccc(CCO)cc1. The lowest BCUT2D eigenvalue weighted by molar-refractivity contribution is -0.113. The number of thioether (sulfide) groups is 1. The molecule has 20 heavy (non-hydrogen) atoms. The van der Waals surface area contributed by atoms with Gasteiger partial charge in [0.15, 0.2) is 0 Å². The summed E-state index contributed by atoms with van der Waals surface area (Å²) in [4.78, 5) is 13.1. The molecule has 0 aliphatic carbocycles. The van der Waals surface area contributed by atoms with Crippen molar-refractivity contribution in [3.63, 3.8) is 0 Å². The highest BCUT2D eigenvalue weighted by molar-refractivity contribution is 7.99. The summed E-state index contributed by atoms with van der Waals surface area (Å²) in [7, 11) is 0. The lowest BCUT2D eigenvalue weighted by Gasteiger charge is -2.06. The van der Waals surface area contributed by atoms with Gasteiger partial charge in [0.2, 0.25) is 5.91 Å². The van der Waals surface area contributed by atoms with Crippen molar-refractivity contribution in [2.45, 2.75) is 12.2 Å². The molecule has 0 fully saturated rings. The van der Waals surface area contributed by atoms with Gasteiger partial charge < -0.3 is 10.4 Å². The van der Waals surface area contributed by atoms with Gasteiger partial charge in [0, 0.05) is 22.9 Å². The zero-order valence-corrected chi connectivity index (χ0v) is 12.7. The number of aliphatic hydroxyl groups is 1. The monoisotopic (exact) mass is 307 g/mol. The van der Waals surface area contributed by atoms with Crippen molar-refractivity contribution >= 4 is 34.7 Å². The Hall–Kier alpha value is -1.30. The van der Waals surface area contributed by atoms with E-state index in [9.17, 15) is 4.79 Å². The third kappa shape index (κ3) is 5.00. The standard InChI is InChI=1S/C15H17NO2S2/c17-8-7-12-3-5-13(6-4-12)16-15(18)11-19-10-14-2-1-9-20-14/h1-6,9,17H,7-8,10-11H2,(H,16,18). The first-order chi connectivity index (χ1) is 9.78. The van der Waals surface area contributed by atoms with Gasteiger partial charge in [-0.3, -0.25) is 4.79 Å². The van der Waals surface area contributed by atoms with Gasteiger partial charge in [-0.25, -0.2) is 0 Å². The first-order valence-electron chi connectivity index (χ1n) is 6.37. The number of rotatable bonds is 7. The Balaban J connectivity index is 1.73. The van der Waals surface area contributed by atoms with Gasteiger partial charge in [0.25, 0.3) is 0 Å². The molecule has 106 valence electrons. The fraction of sp³-hybridized carbons (Fsp3) is 0.267. The average Bonchev–Trinajstić information content (AvgIpc) is 2.94. The van der Waals surface area contributed by atoms with Crippen molar-refractivity contribution in [3.8, 4) is 0 Å². The summed E-state index contributed by atoms with van der Waals surface area (Å²) < 4.78 is 0. The van der Waals surface area contributed by atoms with Crippen LogP contribution in [0.1, 0.15) is 10.4 Å². The quantitative estimate of drug-likeness (QED) is 0.826. The molecule has 0 saturated heterocycles. The first kappa shape index (κ1) is 15.1. The molecule has 1 heterocycles. The predicted molar refractivity (Wildman–Crippen MR) is 86.3 cm³/mol. The highest BCUT2D eigenvalue weighted by Gasteiger charge is 2.03. The summed E-state index contributed by atoms with van der Waals surface area (Å²) in [6, 6.07) is 11.7. The Morgan fingerprint density at radius 3 is 2.70 bits per heavy atom. The number of carbonyl (C=O) groups excluding carboxylic acids is 1. The second kappa shape index (κ2) is 8.09. The lowest BCUT2D eigenvalue weighted by atomic mass is 10.1. The van der Waals surface area contributed by atoms with Crippen molar-refractivity contribution in [2.24, 2.45) is 0 Å². The summed E-state index contributed by atoms with van der Waals surface area (Å²) in [5.74, 6) is 1.35. The van der Waals surface area contributed by atoms with Crippen LogP contribution in [0.5, 0.6) is 0 Å². The van der Waals surface area contributed by atoms with Crippen LogP contribution in [0.4, 0.5) is 5.69 Å². The summed E-state index contributed by atoms with van der Waals surface area (Å²) in [5, 5.41) is 13.8. The van der Waals surface area contributed by atoms with Gasteiger partial charge in [0.1, 0.15) is 0 Å². The van der Waals surface area contributed by atoms with Gasteiger partial charge in [-0.1, -0.05) is 18.2 Å². The van der Waals surface area contributed by atoms with Crippen molar-refractivity contribution in [1.29, 1.82) is 0 Å². The molecule has 1 amide bonds. The van der Waals surface area contributed by atoms with E-state index >= 15 is 0 Å². The van der Waals surface area contributed by atoms with Crippen LogP contribution in [0, 0.1) is 0 Å². The summed E-state index contributed by atoms with van der Waals surface area (Å²) >= 11 is 3.33. The Labute approximate surface area is 127 Å². The third-order valence-electron chi connectivity index (χ3n) is 2.70. The number of anilines is 1. The van der Waals surface area contributed by atoms with Crippen LogP contribution < -0.4 is 5.32 Å². The van der Waals surface area contributed by atoms with E-state index in [1.165, 1.54) is 4.88 Å². The number of nitrogens with one attached hydrogen (secondary N) is 1. The number of thiophene rings is 1. The molecular weight excluding hydrogens is 290 g/mol. The molecule has 0 aliphatic heterocycles. The van der Waals surface area contributed by atoms with Gasteiger partial charge in [-0.05, 0) is 35.6 Å². The molecule has 2 N–H and O–H groups in total. The molecule has 0 aliphatic rings. The third-order valence-corrected chi connectivity index (χ3v) is 4.74. The van der Waals surface area contributed by atoms with E-state index in [0.717, 1.165) is 17.0 Å². The Kier molecular flexibility index (Phi) is 6.11. The van der Waals surface area contributed by atoms with Crippen LogP contribution in [0.3, 0.4) is 0 Å². The van der Waals surface area contributed by atoms with Crippen molar-refractivity contribution in [1.82, 2.24) is 0 Å². The molecule has 0 spiro atoms. The first-order valence-corrected chi connectivity index (χ1v) is 8.41. The van der Waals surface area contributed by atoms with Crippen LogP contribution >= 0.6 is 23.1 Å². The molecule has 0 radical (unpaired) electrons. The Morgan fingerprint density at radius 1 is 1.25 bits per heavy atom. The predicted octanol–water partition coefficient (Wildman–Crippen LogP) is 3.15. The van der Waals surface area contributed by atoms with Crippen LogP contribution in [0.25, 0.3) is 0 Å². The lowest BCUT2D eigenvalue weighted by Crippen LogP contribution is -2.14. The highest BCUT2D eigenvalue weighted by Crippen LogP contribution is 2.17. The minimum absolute atomic E-state index is 0.0152. The number of hydrogen-bond donors (Lipinski definition) is 2. The summed E-state index contributed by atoms with van der Waals surface area (Å²) in [6.45, 7) is 0.144. The second-order valence-corrected chi connectivity index (χ2v) is 6.31. The van der Waals surface area contributed by atoms with Crippen LogP contribution in [-0.2, 0) is 17.0 Å². The molecule has 2 aromatic rings. The molecule has 1 aromatic heterocycles. The maximum Gasteiger partial charge on any atom is 0.234 e. The number of hydrogen-bond acceptors (Lipinski definition) is 4. The smallest absolute Gasteiger partial charge is 0.234 e. The molecule has 2 rings (SSSR count). The minimum Gasteiger partial charge on any atom is -0.396 e. The molecular formula is C15H17NO2S2. The number of amides is 1. The van der Waals surface area contributed by atoms with E-state index < -0.39 is 0 Å². The van der Waals surface area contributed by atoms with Gasteiger partial charge in [0.05, 0.1) is 5.75 Å². The van der Waals surface area contributed by atoms with Crippen LogP contribution in [0.2, 0.25) is 0 Å². The zero-order chi connectivity index (χ0) is 14.2. The van der Waals surface area contributed by atoms with Crippen molar-refractivity contribution in [3.05, 3.63) is 52.2 Å². The van der Waals surface area contributed by atoms with E-state index in [4.69, 9.17) is 5.11 Å². The van der Waals surface area contributed by atoms with Gasteiger partial charge in [-0.15, -0.1) is 23.1 Å².